The molecule has 0 saturated heterocycles. The van der Waals surface area contributed by atoms with Gasteiger partial charge in [-0.2, -0.15) is 0 Å². The molecule has 1 amide bonds. The number of benzene rings is 2. The van der Waals surface area contributed by atoms with Crippen LogP contribution in [-0.4, -0.2) is 31.8 Å². The first kappa shape index (κ1) is 18.4. The molecule has 2 N–H and O–H groups in total. The highest BCUT2D eigenvalue weighted by Gasteiger charge is 2.35. The van der Waals surface area contributed by atoms with Crippen LogP contribution in [0.15, 0.2) is 54.6 Å². The molecule has 1 aromatic heterocycles. The van der Waals surface area contributed by atoms with E-state index < -0.39 is 0 Å². The monoisotopic (exact) mass is 376 g/mol. The largest absolute Gasteiger partial charge is 0.388 e. The summed E-state index contributed by atoms with van der Waals surface area (Å²) >= 11 is 0. The van der Waals surface area contributed by atoms with Gasteiger partial charge < -0.3 is 15.0 Å². The van der Waals surface area contributed by atoms with Gasteiger partial charge in [0.15, 0.2) is 5.82 Å². The molecule has 1 aliphatic rings. The maximum Gasteiger partial charge on any atom is 0.252 e. The summed E-state index contributed by atoms with van der Waals surface area (Å²) in [6, 6.07) is 17.8. The van der Waals surface area contributed by atoms with Gasteiger partial charge in [-0.15, -0.1) is 10.2 Å². The number of hydrogen-bond donors (Lipinski definition) is 2. The van der Waals surface area contributed by atoms with Crippen LogP contribution in [0.1, 0.15) is 47.7 Å². The average Bonchev–Trinajstić information content (AvgIpc) is 3.13. The molecule has 4 rings (SSSR count). The lowest BCUT2D eigenvalue weighted by atomic mass is 9.79. The molecule has 3 aromatic rings. The maximum absolute atomic E-state index is 12.9. The van der Waals surface area contributed by atoms with Gasteiger partial charge in [0.2, 0.25) is 0 Å². The molecule has 1 heterocycles. The normalized spacial score (nSPS) is 18.5. The average molecular weight is 376 g/mol. The van der Waals surface area contributed by atoms with Crippen molar-refractivity contribution in [3.8, 4) is 11.1 Å². The number of aliphatic hydroxyl groups is 1. The van der Waals surface area contributed by atoms with Gasteiger partial charge >= 0.3 is 0 Å². The Hall–Kier alpha value is -2.99. The molecule has 2 aromatic carbocycles. The molecule has 0 unspecified atom stereocenters. The standard InChI is InChI=1S/C22H24N4O2/c1-2-26-20(14-27)24-25-21(26)16-12-17(13-16)23-22(28)19-11-7-6-10-18(19)15-8-4-3-5-9-15/h3-11,16-17,27H,2,12-14H2,1H3,(H,23,28). The third-order valence-electron chi connectivity index (χ3n) is 5.41. The zero-order valence-electron chi connectivity index (χ0n) is 15.9. The Kier molecular flexibility index (Phi) is 5.21. The molecule has 0 bridgehead atoms. The van der Waals surface area contributed by atoms with Crippen molar-refractivity contribution in [2.75, 3.05) is 0 Å². The first-order valence-electron chi connectivity index (χ1n) is 9.69. The maximum atomic E-state index is 12.9. The zero-order valence-corrected chi connectivity index (χ0v) is 15.9. The van der Waals surface area contributed by atoms with Crippen LogP contribution in [0.2, 0.25) is 0 Å². The first-order chi connectivity index (χ1) is 13.7. The van der Waals surface area contributed by atoms with Crippen molar-refractivity contribution in [1.82, 2.24) is 20.1 Å². The SMILES string of the molecule is CCn1c(CO)nnc1C1CC(NC(=O)c2ccccc2-c2ccccc2)C1. The summed E-state index contributed by atoms with van der Waals surface area (Å²) in [5, 5.41) is 20.8. The van der Waals surface area contributed by atoms with Gasteiger partial charge in [0.05, 0.1) is 0 Å². The predicted molar refractivity (Wildman–Crippen MR) is 107 cm³/mol. The van der Waals surface area contributed by atoms with E-state index in [4.69, 9.17) is 0 Å². The van der Waals surface area contributed by atoms with E-state index in [-0.39, 0.29) is 24.5 Å². The molecule has 28 heavy (non-hydrogen) atoms. The van der Waals surface area contributed by atoms with Crippen LogP contribution in [0.3, 0.4) is 0 Å². The number of amides is 1. The molecular formula is C22H24N4O2. The van der Waals surface area contributed by atoms with Gasteiger partial charge in [-0.3, -0.25) is 4.79 Å². The van der Waals surface area contributed by atoms with Gasteiger partial charge in [0.1, 0.15) is 12.4 Å². The van der Waals surface area contributed by atoms with E-state index in [9.17, 15) is 9.90 Å². The van der Waals surface area contributed by atoms with Crippen LogP contribution in [0.5, 0.6) is 0 Å². The summed E-state index contributed by atoms with van der Waals surface area (Å²) in [5.41, 5.74) is 2.67. The fourth-order valence-electron chi connectivity index (χ4n) is 3.87. The minimum atomic E-state index is -0.107. The summed E-state index contributed by atoms with van der Waals surface area (Å²) in [4.78, 5) is 12.9. The summed E-state index contributed by atoms with van der Waals surface area (Å²) in [6.45, 7) is 2.64. The van der Waals surface area contributed by atoms with Crippen molar-refractivity contribution in [3.63, 3.8) is 0 Å². The second kappa shape index (κ2) is 7.94. The lowest BCUT2D eigenvalue weighted by molar-refractivity contribution is 0.0907. The number of carbonyl (C=O) groups excluding carboxylic acids is 1. The molecule has 0 aliphatic heterocycles. The third kappa shape index (κ3) is 3.43. The van der Waals surface area contributed by atoms with Crippen molar-refractivity contribution in [1.29, 1.82) is 0 Å². The fraction of sp³-hybridized carbons (Fsp3) is 0.318. The second-order valence-electron chi connectivity index (χ2n) is 7.13. The molecule has 1 fully saturated rings. The molecule has 6 heteroatoms. The fourth-order valence-corrected chi connectivity index (χ4v) is 3.87. The number of nitrogens with one attached hydrogen (secondary N) is 1. The van der Waals surface area contributed by atoms with E-state index in [0.29, 0.717) is 11.4 Å². The Morgan fingerprint density at radius 2 is 1.82 bits per heavy atom. The van der Waals surface area contributed by atoms with Crippen LogP contribution in [-0.2, 0) is 13.2 Å². The topological polar surface area (TPSA) is 80.0 Å². The number of nitrogens with zero attached hydrogens (tertiary/aromatic N) is 3. The highest BCUT2D eigenvalue weighted by Crippen LogP contribution is 2.36. The van der Waals surface area contributed by atoms with Crippen molar-refractivity contribution < 1.29 is 9.90 Å². The molecule has 0 atom stereocenters. The van der Waals surface area contributed by atoms with E-state index >= 15 is 0 Å². The minimum absolute atomic E-state index is 0.0455. The minimum Gasteiger partial charge on any atom is -0.388 e. The van der Waals surface area contributed by atoms with Gasteiger partial charge in [0.25, 0.3) is 5.91 Å². The Morgan fingerprint density at radius 1 is 1.11 bits per heavy atom. The Morgan fingerprint density at radius 3 is 2.54 bits per heavy atom. The summed E-state index contributed by atoms with van der Waals surface area (Å²) in [6.07, 6.45) is 1.67. The Labute approximate surface area is 164 Å². The number of carbonyl (C=O) groups is 1. The van der Waals surface area contributed by atoms with E-state index in [1.807, 2.05) is 66.1 Å². The van der Waals surface area contributed by atoms with Crippen LogP contribution in [0, 0.1) is 0 Å². The van der Waals surface area contributed by atoms with Gasteiger partial charge in [-0.05, 0) is 37.0 Å². The number of hydrogen-bond acceptors (Lipinski definition) is 4. The number of rotatable bonds is 6. The smallest absolute Gasteiger partial charge is 0.252 e. The Balaban J connectivity index is 1.44. The molecule has 0 radical (unpaired) electrons. The van der Waals surface area contributed by atoms with E-state index in [0.717, 1.165) is 36.3 Å². The van der Waals surface area contributed by atoms with Gasteiger partial charge in [0, 0.05) is 24.1 Å². The number of aliphatic hydroxyl groups excluding tert-OH is 1. The quantitative estimate of drug-likeness (QED) is 0.693. The molecule has 6 nitrogen and oxygen atoms in total. The number of aromatic nitrogens is 3. The van der Waals surface area contributed by atoms with Crippen molar-refractivity contribution >= 4 is 5.91 Å². The highest BCUT2D eigenvalue weighted by molar-refractivity contribution is 6.01. The van der Waals surface area contributed by atoms with Gasteiger partial charge in [-0.25, -0.2) is 0 Å². The van der Waals surface area contributed by atoms with E-state index in [2.05, 4.69) is 15.5 Å². The second-order valence-corrected chi connectivity index (χ2v) is 7.13. The lowest BCUT2D eigenvalue weighted by Gasteiger charge is -2.35. The molecule has 144 valence electrons. The predicted octanol–water partition coefficient (Wildman–Crippen LogP) is 3.13. The van der Waals surface area contributed by atoms with Crippen LogP contribution in [0.4, 0.5) is 0 Å². The Bertz CT molecular complexity index is 962. The summed E-state index contributed by atoms with van der Waals surface area (Å²) in [5.74, 6) is 1.72. The van der Waals surface area contributed by atoms with Crippen molar-refractivity contribution in [3.05, 3.63) is 71.8 Å². The first-order valence-corrected chi connectivity index (χ1v) is 9.69. The lowest BCUT2D eigenvalue weighted by Crippen LogP contribution is -2.44. The van der Waals surface area contributed by atoms with Crippen molar-refractivity contribution in [2.24, 2.45) is 0 Å². The van der Waals surface area contributed by atoms with Crippen LogP contribution in [0.25, 0.3) is 11.1 Å². The zero-order chi connectivity index (χ0) is 19.5. The van der Waals surface area contributed by atoms with E-state index in [1.54, 1.807) is 0 Å². The van der Waals surface area contributed by atoms with Crippen LogP contribution >= 0.6 is 0 Å². The van der Waals surface area contributed by atoms with Gasteiger partial charge in [-0.1, -0.05) is 48.5 Å². The summed E-state index contributed by atoms with van der Waals surface area (Å²) < 4.78 is 1.97. The van der Waals surface area contributed by atoms with Crippen LogP contribution < -0.4 is 5.32 Å². The molecular weight excluding hydrogens is 352 g/mol. The molecule has 1 saturated carbocycles. The molecule has 1 aliphatic carbocycles. The van der Waals surface area contributed by atoms with Crippen molar-refractivity contribution in [2.45, 2.75) is 44.9 Å². The molecule has 0 spiro atoms. The highest BCUT2D eigenvalue weighted by atomic mass is 16.3. The third-order valence-corrected chi connectivity index (χ3v) is 5.41. The van der Waals surface area contributed by atoms with E-state index in [1.165, 1.54) is 0 Å². The summed E-state index contributed by atoms with van der Waals surface area (Å²) in [7, 11) is 0.